The van der Waals surface area contributed by atoms with Crippen LogP contribution in [-0.4, -0.2) is 41.9 Å². The van der Waals surface area contributed by atoms with Crippen LogP contribution in [0.5, 0.6) is 0 Å². The lowest BCUT2D eigenvalue weighted by Gasteiger charge is -2.37. The molecule has 0 amide bonds. The van der Waals surface area contributed by atoms with E-state index in [-0.39, 0.29) is 0 Å². The van der Waals surface area contributed by atoms with E-state index in [1.807, 2.05) is 12.4 Å². The van der Waals surface area contributed by atoms with Crippen molar-refractivity contribution in [2.75, 3.05) is 36.4 Å². The van der Waals surface area contributed by atoms with E-state index >= 15 is 0 Å². The number of alkyl halides is 2. The molecule has 0 radical (unpaired) electrons. The van der Waals surface area contributed by atoms with E-state index in [0.717, 1.165) is 31.9 Å². The number of nitrogens with zero attached hydrogens (tertiary/aromatic N) is 2. The molecule has 25 heavy (non-hydrogen) atoms. The van der Waals surface area contributed by atoms with Crippen LogP contribution in [0.25, 0.3) is 0 Å². The van der Waals surface area contributed by atoms with Crippen molar-refractivity contribution in [3.63, 3.8) is 0 Å². The molecule has 2 N–H and O–H groups in total. The van der Waals surface area contributed by atoms with Crippen molar-refractivity contribution in [1.82, 2.24) is 4.90 Å². The number of halogens is 2. The zero-order chi connectivity index (χ0) is 17.6. The Balaban J connectivity index is 1.51. The molecule has 0 unspecified atom stereocenters. The molecule has 0 bridgehead atoms. The molecular formula is C17H19F2N4S2+. The minimum absolute atomic E-state index is 0.540. The van der Waals surface area contributed by atoms with Gasteiger partial charge in [-0.1, -0.05) is 11.8 Å². The number of aromatic nitrogens is 1. The van der Waals surface area contributed by atoms with Crippen molar-refractivity contribution in [2.24, 2.45) is 0 Å². The normalized spacial score (nSPS) is 14.7. The molecule has 2 aromatic rings. The number of piperazine rings is 1. The number of hydrogen-bond acceptors (Lipinski definition) is 3. The van der Waals surface area contributed by atoms with Gasteiger partial charge >= 0.3 is 0 Å². The van der Waals surface area contributed by atoms with Gasteiger partial charge in [0.25, 0.3) is 5.76 Å². The molecule has 1 aliphatic heterocycles. The molecular weight excluding hydrogens is 362 g/mol. The zero-order valence-corrected chi connectivity index (χ0v) is 15.1. The summed E-state index contributed by atoms with van der Waals surface area (Å²) in [5, 5.41) is 3.85. The molecule has 0 spiro atoms. The molecule has 4 nitrogen and oxygen atoms in total. The summed E-state index contributed by atoms with van der Waals surface area (Å²) in [7, 11) is 0. The lowest BCUT2D eigenvalue weighted by Crippen LogP contribution is -2.50. The molecule has 3 rings (SSSR count). The fourth-order valence-electron chi connectivity index (χ4n) is 2.68. The number of pyridine rings is 1. The zero-order valence-electron chi connectivity index (χ0n) is 13.5. The van der Waals surface area contributed by atoms with Crippen molar-refractivity contribution >= 4 is 40.5 Å². The number of thioether (sulfide) groups is 1. The minimum atomic E-state index is -2.40. The van der Waals surface area contributed by atoms with Gasteiger partial charge in [-0.2, -0.15) is 8.78 Å². The predicted octanol–water partition coefficient (Wildman–Crippen LogP) is 3.33. The van der Waals surface area contributed by atoms with Crippen LogP contribution in [0.1, 0.15) is 0 Å². The summed E-state index contributed by atoms with van der Waals surface area (Å²) in [6.07, 6.45) is 3.84. The second kappa shape index (κ2) is 8.44. The van der Waals surface area contributed by atoms with Crippen LogP contribution in [-0.2, 0) is 0 Å². The highest BCUT2D eigenvalue weighted by Crippen LogP contribution is 2.26. The van der Waals surface area contributed by atoms with Crippen LogP contribution in [0.2, 0.25) is 0 Å². The number of benzene rings is 1. The Labute approximate surface area is 155 Å². The summed E-state index contributed by atoms with van der Waals surface area (Å²) in [6, 6.07) is 11.0. The van der Waals surface area contributed by atoms with Gasteiger partial charge in [0.15, 0.2) is 17.5 Å². The molecule has 0 saturated carbocycles. The van der Waals surface area contributed by atoms with Gasteiger partial charge < -0.3 is 15.1 Å². The standard InChI is InChI=1S/C17H18F2N4S2/c18-16(19)25-15-3-1-13(2-4-15)21-17(24)23-11-9-22(10-12-23)14-5-7-20-8-6-14/h1-8,16H,9-12H2,(H,21,24)/p+1. The smallest absolute Gasteiger partial charge is 0.288 e. The first kappa shape index (κ1) is 17.9. The van der Waals surface area contributed by atoms with Gasteiger partial charge in [0.05, 0.1) is 0 Å². The van der Waals surface area contributed by atoms with Crippen molar-refractivity contribution in [1.29, 1.82) is 0 Å². The van der Waals surface area contributed by atoms with Gasteiger partial charge in [-0.25, -0.2) is 4.98 Å². The fourth-order valence-corrected chi connectivity index (χ4v) is 3.48. The Morgan fingerprint density at radius 3 is 2.28 bits per heavy atom. The SMILES string of the molecule is FC(F)Sc1ccc(NC(=S)N2CCN(c3cc[nH+]cc3)CC2)cc1. The van der Waals surface area contributed by atoms with Crippen LogP contribution in [0.3, 0.4) is 0 Å². The van der Waals surface area contributed by atoms with E-state index in [4.69, 9.17) is 12.2 Å². The third kappa shape index (κ3) is 5.02. The summed E-state index contributed by atoms with van der Waals surface area (Å²) in [6.45, 7) is 3.47. The maximum Gasteiger partial charge on any atom is 0.288 e. The largest absolute Gasteiger partial charge is 0.368 e. The monoisotopic (exact) mass is 381 g/mol. The van der Waals surface area contributed by atoms with E-state index in [0.29, 0.717) is 21.8 Å². The number of nitrogens with one attached hydrogen (secondary N) is 2. The quantitative estimate of drug-likeness (QED) is 0.649. The topological polar surface area (TPSA) is 32.6 Å². The second-order valence-electron chi connectivity index (χ2n) is 5.57. The molecule has 1 aliphatic rings. The molecule has 1 aromatic carbocycles. The predicted molar refractivity (Wildman–Crippen MR) is 101 cm³/mol. The third-order valence-corrected chi connectivity index (χ3v) is 5.05. The number of hydrogen-bond donors (Lipinski definition) is 1. The third-order valence-electron chi connectivity index (χ3n) is 3.96. The Hall–Kier alpha value is -1.93. The molecule has 1 fully saturated rings. The van der Waals surface area contributed by atoms with Gasteiger partial charge in [-0.15, -0.1) is 0 Å². The van der Waals surface area contributed by atoms with Crippen LogP contribution in [0, 0.1) is 0 Å². The molecule has 132 valence electrons. The molecule has 0 atom stereocenters. The van der Waals surface area contributed by atoms with E-state index < -0.39 is 5.76 Å². The number of aromatic amines is 1. The Morgan fingerprint density at radius 2 is 1.68 bits per heavy atom. The van der Waals surface area contributed by atoms with Crippen LogP contribution in [0.4, 0.5) is 20.2 Å². The van der Waals surface area contributed by atoms with Crippen molar-refractivity contribution in [3.05, 3.63) is 48.8 Å². The van der Waals surface area contributed by atoms with Gasteiger partial charge in [-0.05, 0) is 36.5 Å². The molecule has 8 heteroatoms. The fraction of sp³-hybridized carbons (Fsp3) is 0.294. The minimum Gasteiger partial charge on any atom is -0.368 e. The maximum atomic E-state index is 12.3. The molecule has 1 aromatic heterocycles. The van der Waals surface area contributed by atoms with Gasteiger partial charge in [-0.3, -0.25) is 0 Å². The summed E-state index contributed by atoms with van der Waals surface area (Å²) >= 11 is 6.02. The average molecular weight is 381 g/mol. The second-order valence-corrected chi connectivity index (χ2v) is 7.02. The highest BCUT2D eigenvalue weighted by atomic mass is 32.2. The van der Waals surface area contributed by atoms with Gasteiger partial charge in [0, 0.05) is 54.6 Å². The van der Waals surface area contributed by atoms with E-state index in [1.54, 1.807) is 24.3 Å². The Kier molecular flexibility index (Phi) is 6.04. The molecule has 0 aliphatic carbocycles. The van der Waals surface area contributed by atoms with Crippen LogP contribution < -0.4 is 15.2 Å². The van der Waals surface area contributed by atoms with E-state index in [1.165, 1.54) is 5.69 Å². The summed E-state index contributed by atoms with van der Waals surface area (Å²) in [5.74, 6) is -2.40. The first-order valence-corrected chi connectivity index (χ1v) is 9.22. The number of rotatable bonds is 4. The summed E-state index contributed by atoms with van der Waals surface area (Å²) < 4.78 is 24.7. The first-order chi connectivity index (χ1) is 12.1. The number of thiocarbonyl (C=S) groups is 1. The Morgan fingerprint density at radius 1 is 1.04 bits per heavy atom. The van der Waals surface area contributed by atoms with Crippen LogP contribution >= 0.6 is 24.0 Å². The lowest BCUT2D eigenvalue weighted by atomic mass is 10.2. The molecule has 2 heterocycles. The average Bonchev–Trinajstić information content (AvgIpc) is 2.64. The van der Waals surface area contributed by atoms with E-state index in [9.17, 15) is 8.78 Å². The molecule has 1 saturated heterocycles. The number of H-pyrrole nitrogens is 1. The van der Waals surface area contributed by atoms with Crippen molar-refractivity contribution < 1.29 is 13.8 Å². The van der Waals surface area contributed by atoms with Gasteiger partial charge in [0.1, 0.15) is 0 Å². The van der Waals surface area contributed by atoms with E-state index in [2.05, 4.69) is 32.2 Å². The lowest BCUT2D eigenvalue weighted by molar-refractivity contribution is -0.377. The van der Waals surface area contributed by atoms with Crippen molar-refractivity contribution in [3.8, 4) is 0 Å². The Bertz CT molecular complexity index is 690. The first-order valence-electron chi connectivity index (χ1n) is 7.94. The summed E-state index contributed by atoms with van der Waals surface area (Å²) in [5.41, 5.74) is 2.01. The van der Waals surface area contributed by atoms with Crippen molar-refractivity contribution in [2.45, 2.75) is 10.7 Å². The summed E-state index contributed by atoms with van der Waals surface area (Å²) in [4.78, 5) is 8.02. The van der Waals surface area contributed by atoms with Crippen LogP contribution in [0.15, 0.2) is 53.7 Å². The maximum absolute atomic E-state index is 12.3. The highest BCUT2D eigenvalue weighted by Gasteiger charge is 2.19. The van der Waals surface area contributed by atoms with Gasteiger partial charge in [0.2, 0.25) is 0 Å². The number of anilines is 2. The highest BCUT2D eigenvalue weighted by molar-refractivity contribution is 7.99.